The Kier molecular flexibility index (Phi) is 5.38. The van der Waals surface area contributed by atoms with E-state index in [1.165, 1.54) is 5.56 Å². The summed E-state index contributed by atoms with van der Waals surface area (Å²) in [5, 5.41) is 0.555. The predicted molar refractivity (Wildman–Crippen MR) is 106 cm³/mol. The van der Waals surface area contributed by atoms with Crippen LogP contribution in [0.25, 0.3) is 6.08 Å². The van der Waals surface area contributed by atoms with Gasteiger partial charge >= 0.3 is 5.97 Å². The van der Waals surface area contributed by atoms with Crippen molar-refractivity contribution in [3.05, 3.63) is 68.2 Å². The molecule has 4 nitrogen and oxygen atoms in total. The van der Waals surface area contributed by atoms with Gasteiger partial charge in [-0.3, -0.25) is 4.79 Å². The number of ketones is 1. The number of rotatable bonds is 4. The summed E-state index contributed by atoms with van der Waals surface area (Å²) in [6, 6.07) is 7.06. The largest absolute Gasteiger partial charge is 0.488 e. The molecular weight excluding hydrogens is 364 g/mol. The monoisotopic (exact) mass is 384 g/mol. The Labute approximate surface area is 163 Å². The first kappa shape index (κ1) is 19.2. The SMILES string of the molecule is Cc1cc(C(=O)COC(=O)C2=Cc3cc(Cl)ccc3OC2)c(C)c(C)c1C. The van der Waals surface area contributed by atoms with Gasteiger partial charge in [0.2, 0.25) is 5.78 Å². The lowest BCUT2D eigenvalue weighted by molar-refractivity contribution is -0.138. The Morgan fingerprint density at radius 2 is 1.81 bits per heavy atom. The van der Waals surface area contributed by atoms with Crippen molar-refractivity contribution in [1.29, 1.82) is 0 Å². The molecule has 0 radical (unpaired) electrons. The molecule has 0 amide bonds. The summed E-state index contributed by atoms with van der Waals surface area (Å²) in [4.78, 5) is 24.9. The number of aryl methyl sites for hydroxylation is 1. The van der Waals surface area contributed by atoms with Crippen LogP contribution in [0.1, 0.15) is 38.2 Å². The van der Waals surface area contributed by atoms with E-state index in [9.17, 15) is 9.59 Å². The summed E-state index contributed by atoms with van der Waals surface area (Å²) in [6.07, 6.45) is 1.68. The Morgan fingerprint density at radius 3 is 2.56 bits per heavy atom. The highest BCUT2D eigenvalue weighted by Crippen LogP contribution is 2.29. The lowest BCUT2D eigenvalue weighted by atomic mass is 9.93. The van der Waals surface area contributed by atoms with Crippen LogP contribution in [0.15, 0.2) is 29.8 Å². The highest BCUT2D eigenvalue weighted by Gasteiger charge is 2.21. The second kappa shape index (κ2) is 7.57. The molecule has 0 fully saturated rings. The molecule has 27 heavy (non-hydrogen) atoms. The third-order valence-corrected chi connectivity index (χ3v) is 5.30. The quantitative estimate of drug-likeness (QED) is 0.562. The number of hydrogen-bond acceptors (Lipinski definition) is 4. The average Bonchev–Trinajstić information content (AvgIpc) is 2.66. The minimum atomic E-state index is -0.563. The van der Waals surface area contributed by atoms with E-state index in [1.54, 1.807) is 24.3 Å². The summed E-state index contributed by atoms with van der Waals surface area (Å²) in [7, 11) is 0. The van der Waals surface area contributed by atoms with Gasteiger partial charge in [0, 0.05) is 16.1 Å². The maximum Gasteiger partial charge on any atom is 0.337 e. The molecule has 0 aromatic heterocycles. The molecular formula is C22H21ClO4. The van der Waals surface area contributed by atoms with E-state index in [0.29, 0.717) is 27.5 Å². The molecule has 1 heterocycles. The second-order valence-corrected chi connectivity index (χ2v) is 7.19. The molecule has 2 aromatic carbocycles. The van der Waals surface area contributed by atoms with E-state index < -0.39 is 5.97 Å². The minimum absolute atomic E-state index is 0.101. The number of fused-ring (bicyclic) bond motifs is 1. The maximum absolute atomic E-state index is 12.6. The van der Waals surface area contributed by atoms with E-state index in [1.807, 2.05) is 33.8 Å². The molecule has 0 saturated heterocycles. The fourth-order valence-electron chi connectivity index (χ4n) is 3.07. The van der Waals surface area contributed by atoms with Gasteiger partial charge in [-0.05, 0) is 80.3 Å². The molecule has 0 aliphatic carbocycles. The van der Waals surface area contributed by atoms with Gasteiger partial charge in [-0.2, -0.15) is 0 Å². The Bertz CT molecular complexity index is 973. The van der Waals surface area contributed by atoms with Crippen molar-refractivity contribution in [3.8, 4) is 5.75 Å². The maximum atomic E-state index is 12.6. The number of benzene rings is 2. The molecule has 0 unspecified atom stereocenters. The predicted octanol–water partition coefficient (Wildman–Crippen LogP) is 4.78. The molecule has 0 saturated carbocycles. The van der Waals surface area contributed by atoms with Crippen LogP contribution in [-0.4, -0.2) is 25.0 Å². The van der Waals surface area contributed by atoms with Crippen LogP contribution < -0.4 is 4.74 Å². The number of halogens is 1. The highest BCUT2D eigenvalue weighted by molar-refractivity contribution is 6.30. The van der Waals surface area contributed by atoms with Crippen molar-refractivity contribution < 1.29 is 19.1 Å². The van der Waals surface area contributed by atoms with Crippen LogP contribution in [0.4, 0.5) is 0 Å². The number of carbonyl (C=O) groups excluding carboxylic acids is 2. The van der Waals surface area contributed by atoms with E-state index in [-0.39, 0.29) is 19.0 Å². The van der Waals surface area contributed by atoms with Crippen LogP contribution in [0, 0.1) is 27.7 Å². The van der Waals surface area contributed by atoms with Gasteiger partial charge in [-0.25, -0.2) is 4.79 Å². The third-order valence-electron chi connectivity index (χ3n) is 5.06. The molecule has 1 aliphatic rings. The van der Waals surface area contributed by atoms with Crippen molar-refractivity contribution in [2.24, 2.45) is 0 Å². The third kappa shape index (κ3) is 3.91. The van der Waals surface area contributed by atoms with E-state index in [4.69, 9.17) is 21.1 Å². The van der Waals surface area contributed by atoms with Crippen molar-refractivity contribution in [1.82, 2.24) is 0 Å². The zero-order valence-electron chi connectivity index (χ0n) is 15.8. The highest BCUT2D eigenvalue weighted by atomic mass is 35.5. The van der Waals surface area contributed by atoms with E-state index in [0.717, 1.165) is 16.7 Å². The first-order chi connectivity index (χ1) is 12.8. The molecule has 0 atom stereocenters. The van der Waals surface area contributed by atoms with E-state index >= 15 is 0 Å². The molecule has 2 aromatic rings. The van der Waals surface area contributed by atoms with Gasteiger partial charge in [-0.15, -0.1) is 0 Å². The lowest BCUT2D eigenvalue weighted by Gasteiger charge is -2.17. The van der Waals surface area contributed by atoms with Crippen molar-refractivity contribution in [2.45, 2.75) is 27.7 Å². The van der Waals surface area contributed by atoms with Crippen LogP contribution in [-0.2, 0) is 9.53 Å². The van der Waals surface area contributed by atoms with Gasteiger partial charge in [-0.1, -0.05) is 11.6 Å². The molecule has 1 aliphatic heterocycles. The van der Waals surface area contributed by atoms with E-state index in [2.05, 4.69) is 0 Å². The van der Waals surface area contributed by atoms with Crippen molar-refractivity contribution >= 4 is 29.4 Å². The number of Topliss-reactive ketones (excluding diaryl/α,β-unsaturated/α-hetero) is 1. The molecule has 0 N–H and O–H groups in total. The first-order valence-electron chi connectivity index (χ1n) is 8.68. The van der Waals surface area contributed by atoms with Crippen LogP contribution in [0.3, 0.4) is 0 Å². The fraction of sp³-hybridized carbons (Fsp3) is 0.273. The minimum Gasteiger partial charge on any atom is -0.488 e. The van der Waals surface area contributed by atoms with Gasteiger partial charge in [0.1, 0.15) is 12.4 Å². The fourth-order valence-corrected chi connectivity index (χ4v) is 3.25. The standard InChI is InChI=1S/C22H21ClO4/c1-12-7-19(15(4)14(3)13(12)2)20(24)11-27-22(25)17-8-16-9-18(23)5-6-21(16)26-10-17/h5-9H,10-11H2,1-4H3. The normalized spacial score (nSPS) is 12.7. The van der Waals surface area contributed by atoms with Gasteiger partial charge < -0.3 is 9.47 Å². The summed E-state index contributed by atoms with van der Waals surface area (Å²) < 4.78 is 10.8. The van der Waals surface area contributed by atoms with Gasteiger partial charge in [0.15, 0.2) is 6.61 Å². The molecule has 140 valence electrons. The topological polar surface area (TPSA) is 52.6 Å². The smallest absolute Gasteiger partial charge is 0.337 e. The van der Waals surface area contributed by atoms with Crippen LogP contribution in [0.2, 0.25) is 5.02 Å². The van der Waals surface area contributed by atoms with Crippen molar-refractivity contribution in [2.75, 3.05) is 13.2 Å². The van der Waals surface area contributed by atoms with Gasteiger partial charge in [0.25, 0.3) is 0 Å². The van der Waals surface area contributed by atoms with Crippen LogP contribution in [0.5, 0.6) is 5.75 Å². The molecule has 0 bridgehead atoms. The Balaban J connectivity index is 1.72. The first-order valence-corrected chi connectivity index (χ1v) is 9.06. The number of esters is 1. The van der Waals surface area contributed by atoms with Crippen molar-refractivity contribution in [3.63, 3.8) is 0 Å². The molecule has 3 rings (SSSR count). The molecule has 5 heteroatoms. The Morgan fingerprint density at radius 1 is 1.07 bits per heavy atom. The zero-order valence-corrected chi connectivity index (χ0v) is 16.6. The molecule has 0 spiro atoms. The summed E-state index contributed by atoms with van der Waals surface area (Å²) in [5.41, 5.74) is 5.88. The number of ether oxygens (including phenoxy) is 2. The summed E-state index contributed by atoms with van der Waals surface area (Å²) in [6.45, 7) is 7.70. The summed E-state index contributed by atoms with van der Waals surface area (Å²) >= 11 is 5.98. The second-order valence-electron chi connectivity index (χ2n) is 6.76. The number of hydrogen-bond donors (Lipinski definition) is 0. The lowest BCUT2D eigenvalue weighted by Crippen LogP contribution is -2.21. The number of carbonyl (C=O) groups is 2. The average molecular weight is 385 g/mol. The Hall–Kier alpha value is -2.59. The summed E-state index contributed by atoms with van der Waals surface area (Å²) in [5.74, 6) is -0.117. The zero-order chi connectivity index (χ0) is 19.7. The van der Waals surface area contributed by atoms with Gasteiger partial charge in [0.05, 0.1) is 5.57 Å². The van der Waals surface area contributed by atoms with Crippen LogP contribution >= 0.6 is 11.6 Å².